The van der Waals surface area contributed by atoms with Gasteiger partial charge in [-0.05, 0) is 55.5 Å². The summed E-state index contributed by atoms with van der Waals surface area (Å²) < 4.78 is 0. The number of fused-ring (bicyclic) bond motifs is 1. The van der Waals surface area contributed by atoms with Crippen molar-refractivity contribution in [1.82, 2.24) is 15.2 Å². The van der Waals surface area contributed by atoms with Crippen LogP contribution in [-0.4, -0.2) is 35.0 Å². The monoisotopic (exact) mass is 323 g/mol. The van der Waals surface area contributed by atoms with Crippen molar-refractivity contribution in [2.45, 2.75) is 45.2 Å². The quantitative estimate of drug-likeness (QED) is 0.939. The molecule has 0 bridgehead atoms. The first-order chi connectivity index (χ1) is 11.5. The Balaban J connectivity index is 1.55. The molecular weight excluding hydrogens is 298 g/mol. The summed E-state index contributed by atoms with van der Waals surface area (Å²) in [4.78, 5) is 18.7. The number of urea groups is 1. The number of nitrogens with zero attached hydrogens (tertiary/aromatic N) is 2. The van der Waals surface area contributed by atoms with Crippen molar-refractivity contribution in [3.8, 4) is 0 Å². The molecule has 1 aliphatic rings. The van der Waals surface area contributed by atoms with Crippen molar-refractivity contribution in [1.29, 1.82) is 0 Å². The van der Waals surface area contributed by atoms with Crippen LogP contribution in [-0.2, 0) is 19.3 Å². The van der Waals surface area contributed by atoms with Gasteiger partial charge in [-0.25, -0.2) is 4.79 Å². The van der Waals surface area contributed by atoms with Gasteiger partial charge in [0.15, 0.2) is 0 Å². The molecule has 0 saturated carbocycles. The van der Waals surface area contributed by atoms with Crippen LogP contribution in [0.3, 0.4) is 0 Å². The van der Waals surface area contributed by atoms with Gasteiger partial charge in [-0.15, -0.1) is 0 Å². The van der Waals surface area contributed by atoms with Crippen LogP contribution in [0.15, 0.2) is 42.6 Å². The number of nitrogens with one attached hydrogen (secondary N) is 1. The van der Waals surface area contributed by atoms with Gasteiger partial charge in [0.05, 0.1) is 0 Å². The molecule has 0 radical (unpaired) electrons. The second-order valence-corrected chi connectivity index (χ2v) is 6.81. The van der Waals surface area contributed by atoms with Gasteiger partial charge in [0.1, 0.15) is 0 Å². The van der Waals surface area contributed by atoms with Crippen molar-refractivity contribution in [3.05, 3.63) is 65.0 Å². The third-order valence-electron chi connectivity index (χ3n) is 4.84. The van der Waals surface area contributed by atoms with E-state index in [1.54, 1.807) is 4.90 Å². The van der Waals surface area contributed by atoms with Crippen LogP contribution < -0.4 is 5.32 Å². The van der Waals surface area contributed by atoms with Gasteiger partial charge in [-0.2, -0.15) is 0 Å². The maximum atomic E-state index is 12.5. The van der Waals surface area contributed by atoms with Gasteiger partial charge in [-0.3, -0.25) is 4.98 Å². The van der Waals surface area contributed by atoms with Gasteiger partial charge in [0.2, 0.25) is 0 Å². The minimum atomic E-state index is -0.00652. The Kier molecular flexibility index (Phi) is 4.84. The van der Waals surface area contributed by atoms with E-state index >= 15 is 0 Å². The van der Waals surface area contributed by atoms with E-state index in [0.29, 0.717) is 0 Å². The first-order valence-corrected chi connectivity index (χ1v) is 8.54. The highest BCUT2D eigenvalue weighted by atomic mass is 16.2. The van der Waals surface area contributed by atoms with Crippen molar-refractivity contribution in [2.24, 2.45) is 0 Å². The lowest BCUT2D eigenvalue weighted by molar-refractivity contribution is 0.189. The van der Waals surface area contributed by atoms with E-state index < -0.39 is 0 Å². The first kappa shape index (κ1) is 16.5. The normalized spacial score (nSPS) is 15.0. The van der Waals surface area contributed by atoms with Crippen molar-refractivity contribution < 1.29 is 4.79 Å². The maximum absolute atomic E-state index is 12.5. The molecular formula is C20H25N3O. The smallest absolute Gasteiger partial charge is 0.317 e. The number of aromatic nitrogens is 1. The van der Waals surface area contributed by atoms with Gasteiger partial charge < -0.3 is 10.2 Å². The van der Waals surface area contributed by atoms with Crippen LogP contribution in [0.1, 0.15) is 29.3 Å². The van der Waals surface area contributed by atoms with Gasteiger partial charge in [0.25, 0.3) is 0 Å². The minimum absolute atomic E-state index is 0.00652. The topological polar surface area (TPSA) is 45.2 Å². The molecule has 1 aromatic carbocycles. The molecule has 4 heteroatoms. The highest BCUT2D eigenvalue weighted by Gasteiger charge is 2.25. The molecule has 0 spiro atoms. The predicted octanol–water partition coefficient (Wildman–Crippen LogP) is 3.13. The highest BCUT2D eigenvalue weighted by molar-refractivity contribution is 5.74. The zero-order valence-corrected chi connectivity index (χ0v) is 14.6. The molecule has 1 aliphatic carbocycles. The third-order valence-corrected chi connectivity index (χ3v) is 4.84. The van der Waals surface area contributed by atoms with Crippen molar-refractivity contribution >= 4 is 6.03 Å². The SMILES string of the molecule is Cc1ccnc(CC(C)N(C)C(=O)NC2Cc3ccccc3C2)c1. The summed E-state index contributed by atoms with van der Waals surface area (Å²) in [6.45, 7) is 4.12. The largest absolute Gasteiger partial charge is 0.335 e. The minimum Gasteiger partial charge on any atom is -0.335 e. The Labute approximate surface area is 143 Å². The lowest BCUT2D eigenvalue weighted by Gasteiger charge is -2.26. The first-order valence-electron chi connectivity index (χ1n) is 8.54. The standard InChI is InChI=1S/C20H25N3O/c1-14-8-9-21-18(10-14)11-15(2)23(3)20(24)22-19-12-16-6-4-5-7-17(16)13-19/h4-10,15,19H,11-13H2,1-3H3,(H,22,24). The number of hydrogen-bond acceptors (Lipinski definition) is 2. The summed E-state index contributed by atoms with van der Waals surface area (Å²) in [6, 6.07) is 12.8. The maximum Gasteiger partial charge on any atom is 0.317 e. The molecule has 1 N–H and O–H groups in total. The summed E-state index contributed by atoms with van der Waals surface area (Å²) >= 11 is 0. The fraction of sp³-hybridized carbons (Fsp3) is 0.400. The summed E-state index contributed by atoms with van der Waals surface area (Å²) in [5, 5.41) is 3.17. The van der Waals surface area contributed by atoms with Crippen LogP contribution in [0.25, 0.3) is 0 Å². The summed E-state index contributed by atoms with van der Waals surface area (Å²) in [7, 11) is 1.86. The number of likely N-dealkylation sites (N-methyl/N-ethyl adjacent to an activating group) is 1. The molecule has 1 atom stereocenters. The molecule has 2 aromatic rings. The molecule has 3 rings (SSSR count). The molecule has 2 amide bonds. The fourth-order valence-corrected chi connectivity index (χ4v) is 3.29. The molecule has 1 aromatic heterocycles. The number of amides is 2. The van der Waals surface area contributed by atoms with Crippen molar-refractivity contribution in [3.63, 3.8) is 0 Å². The highest BCUT2D eigenvalue weighted by Crippen LogP contribution is 2.21. The zero-order chi connectivity index (χ0) is 17.1. The van der Waals surface area contributed by atoms with Gasteiger partial charge >= 0.3 is 6.03 Å². The van der Waals surface area contributed by atoms with Crippen LogP contribution >= 0.6 is 0 Å². The molecule has 1 unspecified atom stereocenters. The number of benzene rings is 1. The molecule has 0 saturated heterocycles. The number of hydrogen-bond donors (Lipinski definition) is 1. The second kappa shape index (κ2) is 7.04. The Morgan fingerprint density at radius 3 is 2.58 bits per heavy atom. The molecule has 1 heterocycles. The predicted molar refractivity (Wildman–Crippen MR) is 96.1 cm³/mol. The number of carbonyl (C=O) groups excluding carboxylic acids is 1. The Morgan fingerprint density at radius 1 is 1.29 bits per heavy atom. The van der Waals surface area contributed by atoms with E-state index in [1.807, 2.05) is 19.3 Å². The number of pyridine rings is 1. The fourth-order valence-electron chi connectivity index (χ4n) is 3.29. The number of aryl methyl sites for hydroxylation is 1. The lowest BCUT2D eigenvalue weighted by Crippen LogP contribution is -2.47. The lowest BCUT2D eigenvalue weighted by atomic mass is 10.1. The van der Waals surface area contributed by atoms with Gasteiger partial charge in [-0.1, -0.05) is 24.3 Å². The molecule has 0 aliphatic heterocycles. The van der Waals surface area contributed by atoms with Crippen LogP contribution in [0, 0.1) is 6.92 Å². The van der Waals surface area contributed by atoms with E-state index in [1.165, 1.54) is 16.7 Å². The van der Waals surface area contributed by atoms with E-state index in [4.69, 9.17) is 0 Å². The van der Waals surface area contributed by atoms with Crippen LogP contribution in [0.4, 0.5) is 4.79 Å². The number of carbonyl (C=O) groups is 1. The van der Waals surface area contributed by atoms with Gasteiger partial charge in [0, 0.05) is 37.4 Å². The second-order valence-electron chi connectivity index (χ2n) is 6.81. The van der Waals surface area contributed by atoms with Crippen LogP contribution in [0.5, 0.6) is 0 Å². The van der Waals surface area contributed by atoms with E-state index in [2.05, 4.69) is 54.5 Å². The van der Waals surface area contributed by atoms with E-state index in [-0.39, 0.29) is 18.1 Å². The molecule has 126 valence electrons. The summed E-state index contributed by atoms with van der Waals surface area (Å²) in [6.07, 6.45) is 4.43. The van der Waals surface area contributed by atoms with E-state index in [9.17, 15) is 4.79 Å². The Hall–Kier alpha value is -2.36. The molecule has 4 nitrogen and oxygen atoms in total. The van der Waals surface area contributed by atoms with Crippen LogP contribution in [0.2, 0.25) is 0 Å². The number of rotatable bonds is 4. The Morgan fingerprint density at radius 2 is 1.96 bits per heavy atom. The third kappa shape index (κ3) is 3.75. The summed E-state index contributed by atoms with van der Waals surface area (Å²) in [5.41, 5.74) is 4.92. The molecule has 24 heavy (non-hydrogen) atoms. The average Bonchev–Trinajstić information content (AvgIpc) is 2.96. The average molecular weight is 323 g/mol. The van der Waals surface area contributed by atoms with E-state index in [0.717, 1.165) is 25.0 Å². The zero-order valence-electron chi connectivity index (χ0n) is 14.6. The Bertz CT molecular complexity index is 703. The molecule has 0 fully saturated rings. The van der Waals surface area contributed by atoms with Crippen molar-refractivity contribution in [2.75, 3.05) is 7.05 Å². The summed E-state index contributed by atoms with van der Waals surface area (Å²) in [5.74, 6) is 0.